The number of amides is 1. The third-order valence-corrected chi connectivity index (χ3v) is 4.32. The van der Waals surface area contributed by atoms with Crippen LogP contribution in [0.2, 0.25) is 0 Å². The third kappa shape index (κ3) is 4.36. The van der Waals surface area contributed by atoms with Crippen LogP contribution in [0.4, 0.5) is 8.78 Å². The third-order valence-electron chi connectivity index (χ3n) is 4.32. The van der Waals surface area contributed by atoms with E-state index in [0.29, 0.717) is 17.0 Å². The molecule has 0 saturated carbocycles. The molecule has 7 nitrogen and oxygen atoms in total. The molecule has 0 saturated heterocycles. The zero-order chi connectivity index (χ0) is 20.3. The smallest absolute Gasteiger partial charge is 0.387 e. The zero-order valence-electron chi connectivity index (χ0n) is 15.7. The number of carbonyl (C=O) groups is 1. The van der Waals surface area contributed by atoms with Crippen LogP contribution in [0.15, 0.2) is 36.5 Å². The number of nitrogens with one attached hydrogen (secondary N) is 2. The molecule has 1 amide bonds. The fourth-order valence-corrected chi connectivity index (χ4v) is 2.87. The van der Waals surface area contributed by atoms with Crippen LogP contribution in [0, 0.1) is 6.92 Å². The molecule has 3 rings (SSSR count). The SMILES string of the molecule is CCn1cc(C(C)NC(=O)c2cc(-c3ccc(OC(F)F)cc3)n[nH]2)c(C)n1. The van der Waals surface area contributed by atoms with Gasteiger partial charge in [-0.2, -0.15) is 19.0 Å². The van der Waals surface area contributed by atoms with Gasteiger partial charge in [-0.1, -0.05) is 0 Å². The van der Waals surface area contributed by atoms with Crippen molar-refractivity contribution in [2.24, 2.45) is 0 Å². The Morgan fingerprint density at radius 2 is 2.04 bits per heavy atom. The molecule has 1 unspecified atom stereocenters. The molecule has 9 heteroatoms. The Kier molecular flexibility index (Phi) is 5.72. The van der Waals surface area contributed by atoms with Gasteiger partial charge in [0.05, 0.1) is 17.4 Å². The lowest BCUT2D eigenvalue weighted by Gasteiger charge is -2.12. The molecule has 148 valence electrons. The number of aromatic amines is 1. The average molecular weight is 389 g/mol. The lowest BCUT2D eigenvalue weighted by atomic mass is 10.1. The Morgan fingerprint density at radius 1 is 1.32 bits per heavy atom. The highest BCUT2D eigenvalue weighted by atomic mass is 19.3. The van der Waals surface area contributed by atoms with E-state index in [2.05, 4.69) is 25.3 Å². The lowest BCUT2D eigenvalue weighted by molar-refractivity contribution is -0.0498. The summed E-state index contributed by atoms with van der Waals surface area (Å²) in [5.74, 6) is -0.239. The van der Waals surface area contributed by atoms with E-state index in [-0.39, 0.29) is 17.7 Å². The summed E-state index contributed by atoms with van der Waals surface area (Å²) in [6.45, 7) is 3.67. The van der Waals surface area contributed by atoms with Gasteiger partial charge >= 0.3 is 6.61 Å². The van der Waals surface area contributed by atoms with Crippen molar-refractivity contribution in [2.75, 3.05) is 0 Å². The number of carbonyl (C=O) groups excluding carboxylic acids is 1. The van der Waals surface area contributed by atoms with Gasteiger partial charge in [-0.15, -0.1) is 0 Å². The highest BCUT2D eigenvalue weighted by molar-refractivity contribution is 5.93. The second-order valence-corrected chi connectivity index (χ2v) is 6.29. The maximum Gasteiger partial charge on any atom is 0.387 e. The van der Waals surface area contributed by atoms with E-state index in [1.807, 2.05) is 31.6 Å². The summed E-state index contributed by atoms with van der Waals surface area (Å²) in [4.78, 5) is 12.5. The van der Waals surface area contributed by atoms with Crippen molar-refractivity contribution in [3.63, 3.8) is 0 Å². The zero-order valence-corrected chi connectivity index (χ0v) is 15.7. The van der Waals surface area contributed by atoms with Crippen LogP contribution in [-0.2, 0) is 6.54 Å². The normalized spacial score (nSPS) is 12.2. The Bertz CT molecular complexity index is 950. The van der Waals surface area contributed by atoms with Crippen molar-refractivity contribution < 1.29 is 18.3 Å². The number of aryl methyl sites for hydroxylation is 2. The number of H-pyrrole nitrogens is 1. The summed E-state index contributed by atoms with van der Waals surface area (Å²) in [6.07, 6.45) is 1.92. The number of hydrogen-bond acceptors (Lipinski definition) is 4. The number of halogens is 2. The first-order chi connectivity index (χ1) is 13.4. The fourth-order valence-electron chi connectivity index (χ4n) is 2.87. The lowest BCUT2D eigenvalue weighted by Crippen LogP contribution is -2.27. The highest BCUT2D eigenvalue weighted by Gasteiger charge is 2.18. The second kappa shape index (κ2) is 8.20. The topological polar surface area (TPSA) is 84.8 Å². The molecule has 1 atom stereocenters. The fraction of sp³-hybridized carbons (Fsp3) is 0.316. The van der Waals surface area contributed by atoms with Crippen molar-refractivity contribution in [2.45, 2.75) is 40.0 Å². The van der Waals surface area contributed by atoms with Crippen LogP contribution in [0.1, 0.15) is 41.6 Å². The largest absolute Gasteiger partial charge is 0.435 e. The number of hydrogen-bond donors (Lipinski definition) is 2. The number of rotatable bonds is 7. The van der Waals surface area contributed by atoms with Crippen LogP contribution in [0.5, 0.6) is 5.75 Å². The monoisotopic (exact) mass is 389 g/mol. The van der Waals surface area contributed by atoms with Gasteiger partial charge in [-0.05, 0) is 51.1 Å². The number of benzene rings is 1. The van der Waals surface area contributed by atoms with Gasteiger partial charge in [-0.25, -0.2) is 0 Å². The molecule has 0 bridgehead atoms. The summed E-state index contributed by atoms with van der Waals surface area (Å²) < 4.78 is 30.6. The van der Waals surface area contributed by atoms with E-state index in [1.54, 1.807) is 18.2 Å². The van der Waals surface area contributed by atoms with Crippen molar-refractivity contribution in [1.82, 2.24) is 25.3 Å². The molecule has 2 N–H and O–H groups in total. The maximum absolute atomic E-state index is 12.5. The van der Waals surface area contributed by atoms with Crippen molar-refractivity contribution in [1.29, 1.82) is 0 Å². The predicted molar refractivity (Wildman–Crippen MR) is 99.2 cm³/mol. The maximum atomic E-state index is 12.5. The Morgan fingerprint density at radius 3 is 2.64 bits per heavy atom. The summed E-state index contributed by atoms with van der Waals surface area (Å²) in [7, 11) is 0. The predicted octanol–water partition coefficient (Wildman–Crippen LogP) is 3.69. The molecule has 0 aliphatic heterocycles. The van der Waals surface area contributed by atoms with E-state index < -0.39 is 6.61 Å². The minimum atomic E-state index is -2.87. The van der Waals surface area contributed by atoms with E-state index in [9.17, 15) is 13.6 Å². The second-order valence-electron chi connectivity index (χ2n) is 6.29. The van der Waals surface area contributed by atoms with Crippen LogP contribution in [0.25, 0.3) is 11.3 Å². The van der Waals surface area contributed by atoms with Crippen LogP contribution in [0.3, 0.4) is 0 Å². The van der Waals surface area contributed by atoms with Gasteiger partial charge < -0.3 is 10.1 Å². The molecule has 0 aliphatic carbocycles. The van der Waals surface area contributed by atoms with Gasteiger partial charge in [0.15, 0.2) is 0 Å². The van der Waals surface area contributed by atoms with Gasteiger partial charge in [0, 0.05) is 23.9 Å². The van der Waals surface area contributed by atoms with Crippen molar-refractivity contribution in [3.05, 3.63) is 53.5 Å². The molecule has 0 spiro atoms. The number of nitrogens with zero attached hydrogens (tertiary/aromatic N) is 3. The Hall–Kier alpha value is -3.23. The number of ether oxygens (including phenoxy) is 1. The highest BCUT2D eigenvalue weighted by Crippen LogP contribution is 2.23. The van der Waals surface area contributed by atoms with E-state index >= 15 is 0 Å². The minimum Gasteiger partial charge on any atom is -0.435 e. The van der Waals surface area contributed by atoms with Crippen LogP contribution in [-0.4, -0.2) is 32.5 Å². The van der Waals surface area contributed by atoms with E-state index in [4.69, 9.17) is 0 Å². The van der Waals surface area contributed by atoms with Gasteiger partial charge in [0.2, 0.25) is 0 Å². The Balaban J connectivity index is 1.69. The van der Waals surface area contributed by atoms with Gasteiger partial charge in [-0.3, -0.25) is 14.6 Å². The Labute approximate surface area is 160 Å². The summed E-state index contributed by atoms with van der Waals surface area (Å²) in [5, 5.41) is 14.1. The molecule has 0 aliphatic rings. The van der Waals surface area contributed by atoms with Gasteiger partial charge in [0.25, 0.3) is 5.91 Å². The molecule has 0 radical (unpaired) electrons. The van der Waals surface area contributed by atoms with Crippen LogP contribution < -0.4 is 10.1 Å². The standard InChI is InChI=1S/C19H21F2N5O2/c1-4-26-10-15(12(3)25-26)11(2)22-18(27)17-9-16(23-24-17)13-5-7-14(8-6-13)28-19(20)21/h5-11,19H,4H2,1-3H3,(H,22,27)(H,23,24). The molecule has 2 heterocycles. The average Bonchev–Trinajstić information content (AvgIpc) is 3.28. The molecule has 1 aromatic carbocycles. The summed E-state index contributed by atoms with van der Waals surface area (Å²) in [6, 6.07) is 7.43. The first kappa shape index (κ1) is 19.5. The quantitative estimate of drug-likeness (QED) is 0.645. The van der Waals surface area contributed by atoms with Gasteiger partial charge in [0.1, 0.15) is 11.4 Å². The van der Waals surface area contributed by atoms with E-state index in [1.165, 1.54) is 12.1 Å². The molecule has 0 fully saturated rings. The molecule has 28 heavy (non-hydrogen) atoms. The molecule has 2 aromatic heterocycles. The van der Waals surface area contributed by atoms with Crippen molar-refractivity contribution >= 4 is 5.91 Å². The van der Waals surface area contributed by atoms with Crippen LogP contribution >= 0.6 is 0 Å². The number of aromatic nitrogens is 4. The first-order valence-corrected chi connectivity index (χ1v) is 8.82. The van der Waals surface area contributed by atoms with E-state index in [0.717, 1.165) is 17.8 Å². The molecular weight excluding hydrogens is 368 g/mol. The summed E-state index contributed by atoms with van der Waals surface area (Å²) in [5.41, 5.74) is 3.31. The number of alkyl halides is 2. The summed E-state index contributed by atoms with van der Waals surface area (Å²) >= 11 is 0. The minimum absolute atomic E-state index is 0.0593. The first-order valence-electron chi connectivity index (χ1n) is 8.82. The molecule has 3 aromatic rings. The molecular formula is C19H21F2N5O2. The van der Waals surface area contributed by atoms with Crippen molar-refractivity contribution in [3.8, 4) is 17.0 Å².